The van der Waals surface area contributed by atoms with Crippen LogP contribution >= 0.6 is 0 Å². The minimum Gasteiger partial charge on any atom is -0.361 e. The molecule has 1 saturated heterocycles. The van der Waals surface area contributed by atoms with Crippen molar-refractivity contribution in [3.8, 4) is 0 Å². The Morgan fingerprint density at radius 2 is 1.79 bits per heavy atom. The Morgan fingerprint density at radius 3 is 2.50 bits per heavy atom. The van der Waals surface area contributed by atoms with Crippen molar-refractivity contribution in [2.24, 2.45) is 0 Å². The molecule has 2 heterocycles. The van der Waals surface area contributed by atoms with E-state index in [0.717, 1.165) is 22.5 Å². The van der Waals surface area contributed by atoms with Gasteiger partial charge < -0.3 is 10.6 Å². The minimum absolute atomic E-state index is 0.140. The van der Waals surface area contributed by atoms with Crippen molar-refractivity contribution in [1.29, 1.82) is 0 Å². The van der Waals surface area contributed by atoms with Gasteiger partial charge in [0.15, 0.2) is 0 Å². The lowest BCUT2D eigenvalue weighted by Crippen LogP contribution is -2.51. The molecule has 2 aromatic carbocycles. The molecular weight excluding hydrogens is 354 g/mol. The molecule has 1 fully saturated rings. The van der Waals surface area contributed by atoms with Gasteiger partial charge in [-0.05, 0) is 36.6 Å². The fourth-order valence-electron chi connectivity index (χ4n) is 3.89. The number of rotatable bonds is 4. The summed E-state index contributed by atoms with van der Waals surface area (Å²) in [5.41, 5.74) is 3.28. The number of hydrogen-bond donors (Lipinski definition) is 3. The van der Waals surface area contributed by atoms with Crippen molar-refractivity contribution >= 4 is 34.7 Å². The number of carbonyl (C=O) groups excluding carboxylic acids is 3. The highest BCUT2D eigenvalue weighted by Crippen LogP contribution is 2.36. The van der Waals surface area contributed by atoms with Crippen LogP contribution in [-0.2, 0) is 19.8 Å². The molecule has 0 aromatic heterocycles. The van der Waals surface area contributed by atoms with Gasteiger partial charge in [-0.25, -0.2) is 0 Å². The van der Waals surface area contributed by atoms with Crippen LogP contribution in [0.1, 0.15) is 37.3 Å². The first kappa shape index (κ1) is 18.0. The third-order valence-electron chi connectivity index (χ3n) is 5.60. The molecule has 0 bridgehead atoms. The molecule has 6 heteroatoms. The van der Waals surface area contributed by atoms with Crippen molar-refractivity contribution in [2.45, 2.75) is 31.6 Å². The number of benzene rings is 2. The number of fused-ring (bicyclic) bond motifs is 1. The number of piperidine rings is 1. The van der Waals surface area contributed by atoms with Gasteiger partial charge in [0.2, 0.25) is 11.8 Å². The molecule has 2 aliphatic heterocycles. The topological polar surface area (TPSA) is 87.3 Å². The van der Waals surface area contributed by atoms with E-state index in [1.165, 1.54) is 0 Å². The van der Waals surface area contributed by atoms with Gasteiger partial charge >= 0.3 is 0 Å². The van der Waals surface area contributed by atoms with Gasteiger partial charge in [-0.15, -0.1) is 0 Å². The van der Waals surface area contributed by atoms with Gasteiger partial charge in [0.1, 0.15) is 0 Å². The quantitative estimate of drug-likeness (QED) is 0.566. The summed E-state index contributed by atoms with van der Waals surface area (Å²) >= 11 is 0. The monoisotopic (exact) mass is 375 g/mol. The van der Waals surface area contributed by atoms with Crippen molar-refractivity contribution in [1.82, 2.24) is 5.32 Å². The lowest BCUT2D eigenvalue weighted by molar-refractivity contribution is -0.138. The molecule has 1 atom stereocenters. The van der Waals surface area contributed by atoms with Gasteiger partial charge in [0.05, 0.1) is 11.0 Å². The van der Waals surface area contributed by atoms with Gasteiger partial charge in [0, 0.05) is 29.6 Å². The molecule has 3 amide bonds. The Hall–Kier alpha value is -3.41. The first-order valence-electron chi connectivity index (χ1n) is 9.36. The van der Waals surface area contributed by atoms with E-state index in [4.69, 9.17) is 0 Å². The molecule has 142 valence electrons. The number of anilines is 2. The van der Waals surface area contributed by atoms with Crippen LogP contribution in [0.4, 0.5) is 11.4 Å². The van der Waals surface area contributed by atoms with Crippen LogP contribution in [-0.4, -0.2) is 17.7 Å². The number of hydrogen-bond acceptors (Lipinski definition) is 4. The smallest absolute Gasteiger partial charge is 0.257 e. The molecule has 28 heavy (non-hydrogen) atoms. The largest absolute Gasteiger partial charge is 0.361 e. The van der Waals surface area contributed by atoms with Gasteiger partial charge in [-0.2, -0.15) is 0 Å². The number of carbonyl (C=O) groups is 3. The SMILES string of the molecule is CCC1(c2ccc(N/C=C3\C(=O)Nc4ccccc43)cc2)CCC(=O)NC1=O. The van der Waals surface area contributed by atoms with Crippen LogP contribution in [0.15, 0.2) is 54.7 Å². The van der Waals surface area contributed by atoms with Crippen molar-refractivity contribution in [3.05, 3.63) is 65.9 Å². The Morgan fingerprint density at radius 1 is 1.04 bits per heavy atom. The maximum absolute atomic E-state index is 12.5. The minimum atomic E-state index is -0.671. The average molecular weight is 375 g/mol. The van der Waals surface area contributed by atoms with E-state index in [9.17, 15) is 14.4 Å². The molecular formula is C22H21N3O3. The van der Waals surface area contributed by atoms with Gasteiger partial charge in [0.25, 0.3) is 5.91 Å². The number of amides is 3. The van der Waals surface area contributed by atoms with Crippen LogP contribution < -0.4 is 16.0 Å². The van der Waals surface area contributed by atoms with Crippen LogP contribution in [0.2, 0.25) is 0 Å². The third kappa shape index (κ3) is 2.97. The summed E-state index contributed by atoms with van der Waals surface area (Å²) in [6.07, 6.45) is 3.18. The summed E-state index contributed by atoms with van der Waals surface area (Å²) < 4.78 is 0. The molecule has 4 rings (SSSR count). The highest BCUT2D eigenvalue weighted by atomic mass is 16.2. The summed E-state index contributed by atoms with van der Waals surface area (Å²) in [5, 5.41) is 8.46. The van der Waals surface area contributed by atoms with Gasteiger partial charge in [-0.1, -0.05) is 37.3 Å². The Bertz CT molecular complexity index is 994. The van der Waals surface area contributed by atoms with Crippen LogP contribution in [0.5, 0.6) is 0 Å². The van der Waals surface area contributed by atoms with E-state index in [0.29, 0.717) is 24.8 Å². The number of imide groups is 1. The number of para-hydroxylation sites is 1. The van der Waals surface area contributed by atoms with E-state index in [1.54, 1.807) is 6.20 Å². The fourth-order valence-corrected chi connectivity index (χ4v) is 3.89. The second kappa shape index (κ2) is 6.96. The zero-order chi connectivity index (χ0) is 19.7. The predicted molar refractivity (Wildman–Crippen MR) is 107 cm³/mol. The summed E-state index contributed by atoms with van der Waals surface area (Å²) in [4.78, 5) is 36.2. The third-order valence-corrected chi connectivity index (χ3v) is 5.60. The molecule has 1 unspecified atom stereocenters. The van der Waals surface area contributed by atoms with E-state index in [1.807, 2.05) is 55.5 Å². The first-order chi connectivity index (χ1) is 13.5. The zero-order valence-electron chi connectivity index (χ0n) is 15.5. The average Bonchev–Trinajstić information content (AvgIpc) is 3.02. The molecule has 2 aromatic rings. The van der Waals surface area contributed by atoms with E-state index in [-0.39, 0.29) is 17.7 Å². The summed E-state index contributed by atoms with van der Waals surface area (Å²) in [6, 6.07) is 15.1. The molecule has 0 radical (unpaired) electrons. The Kier molecular flexibility index (Phi) is 4.47. The lowest BCUT2D eigenvalue weighted by Gasteiger charge is -2.35. The molecule has 3 N–H and O–H groups in total. The van der Waals surface area contributed by atoms with E-state index in [2.05, 4.69) is 16.0 Å². The van der Waals surface area contributed by atoms with Crippen molar-refractivity contribution < 1.29 is 14.4 Å². The summed E-state index contributed by atoms with van der Waals surface area (Å²) in [7, 11) is 0. The van der Waals surface area contributed by atoms with E-state index >= 15 is 0 Å². The van der Waals surface area contributed by atoms with Crippen LogP contribution in [0, 0.1) is 0 Å². The maximum Gasteiger partial charge on any atom is 0.257 e. The second-order valence-electron chi connectivity index (χ2n) is 7.09. The van der Waals surface area contributed by atoms with Crippen molar-refractivity contribution in [2.75, 3.05) is 10.6 Å². The molecule has 0 spiro atoms. The Balaban J connectivity index is 1.55. The Labute approximate surface area is 163 Å². The lowest BCUT2D eigenvalue weighted by atomic mass is 9.72. The normalized spacial score (nSPS) is 22.6. The molecule has 2 aliphatic rings. The molecule has 0 saturated carbocycles. The first-order valence-corrected chi connectivity index (χ1v) is 9.36. The van der Waals surface area contributed by atoms with E-state index < -0.39 is 5.41 Å². The van der Waals surface area contributed by atoms with Crippen LogP contribution in [0.25, 0.3) is 5.57 Å². The predicted octanol–water partition coefficient (Wildman–Crippen LogP) is 3.18. The molecule has 0 aliphatic carbocycles. The maximum atomic E-state index is 12.5. The highest BCUT2D eigenvalue weighted by Gasteiger charge is 2.42. The summed E-state index contributed by atoms with van der Waals surface area (Å²) in [6.45, 7) is 1.96. The zero-order valence-corrected chi connectivity index (χ0v) is 15.5. The standard InChI is InChI=1S/C22H21N3O3/c1-2-22(12-11-19(26)25-21(22)28)14-7-9-15(10-8-14)23-13-17-16-5-3-4-6-18(16)24-20(17)27/h3-10,13,23H,2,11-12H2,1H3,(H,24,27)(H,25,26,28)/b17-13-. The van der Waals surface area contributed by atoms with Gasteiger partial charge in [-0.3, -0.25) is 19.7 Å². The molecule has 6 nitrogen and oxygen atoms in total. The van der Waals surface area contributed by atoms with Crippen LogP contribution in [0.3, 0.4) is 0 Å². The van der Waals surface area contributed by atoms with Crippen molar-refractivity contribution in [3.63, 3.8) is 0 Å². The summed E-state index contributed by atoms with van der Waals surface area (Å²) in [5.74, 6) is -0.582. The highest BCUT2D eigenvalue weighted by molar-refractivity contribution is 6.31. The second-order valence-corrected chi connectivity index (χ2v) is 7.09. The fraction of sp³-hybridized carbons (Fsp3) is 0.227. The number of nitrogens with one attached hydrogen (secondary N) is 3.